The van der Waals surface area contributed by atoms with Gasteiger partial charge in [0.25, 0.3) is 0 Å². The first-order valence-corrected chi connectivity index (χ1v) is 9.99. The maximum Gasteiger partial charge on any atom is 0.173 e. The molecule has 146 valence electrons. The van der Waals surface area contributed by atoms with Crippen molar-refractivity contribution in [1.29, 1.82) is 0 Å². The first-order chi connectivity index (χ1) is 13.1. The molecule has 0 atom stereocenters. The van der Waals surface area contributed by atoms with E-state index in [1.165, 1.54) is 5.56 Å². The number of ether oxygens (including phenoxy) is 1. The van der Waals surface area contributed by atoms with Gasteiger partial charge in [-0.05, 0) is 56.2 Å². The van der Waals surface area contributed by atoms with Gasteiger partial charge in [0.2, 0.25) is 0 Å². The van der Waals surface area contributed by atoms with Crippen LogP contribution in [0.1, 0.15) is 23.5 Å². The van der Waals surface area contributed by atoms with Gasteiger partial charge in [-0.1, -0.05) is 18.2 Å². The van der Waals surface area contributed by atoms with Crippen LogP contribution < -0.4 is 5.32 Å². The van der Waals surface area contributed by atoms with E-state index in [9.17, 15) is 0 Å². The topological polar surface area (TPSA) is 40.9 Å². The SMILES string of the molecule is Cc1ccc(CN(CCCN2CCOCC2)C(=S)Nc2ccccc2C)o1. The van der Waals surface area contributed by atoms with Crippen LogP contribution in [0.25, 0.3) is 0 Å². The molecule has 0 amide bonds. The summed E-state index contributed by atoms with van der Waals surface area (Å²) in [4.78, 5) is 4.65. The zero-order chi connectivity index (χ0) is 19.1. The summed E-state index contributed by atoms with van der Waals surface area (Å²) in [6, 6.07) is 12.2. The molecule has 1 aliphatic rings. The Morgan fingerprint density at radius 2 is 1.93 bits per heavy atom. The first-order valence-electron chi connectivity index (χ1n) is 9.59. The summed E-state index contributed by atoms with van der Waals surface area (Å²) < 4.78 is 11.2. The summed E-state index contributed by atoms with van der Waals surface area (Å²) in [6.45, 7) is 10.4. The predicted octanol–water partition coefficient (Wildman–Crippen LogP) is 3.82. The highest BCUT2D eigenvalue weighted by atomic mass is 32.1. The molecule has 1 aromatic heterocycles. The van der Waals surface area contributed by atoms with Gasteiger partial charge < -0.3 is 19.4 Å². The van der Waals surface area contributed by atoms with Gasteiger partial charge in [-0.2, -0.15) is 0 Å². The number of para-hydroxylation sites is 1. The van der Waals surface area contributed by atoms with Crippen molar-refractivity contribution in [3.8, 4) is 0 Å². The maximum absolute atomic E-state index is 5.78. The molecule has 0 saturated carbocycles. The molecule has 5 nitrogen and oxygen atoms in total. The van der Waals surface area contributed by atoms with Crippen LogP contribution in [0.3, 0.4) is 0 Å². The summed E-state index contributed by atoms with van der Waals surface area (Å²) in [5.74, 6) is 1.86. The van der Waals surface area contributed by atoms with Crippen molar-refractivity contribution in [2.45, 2.75) is 26.8 Å². The van der Waals surface area contributed by atoms with E-state index < -0.39 is 0 Å². The van der Waals surface area contributed by atoms with E-state index in [2.05, 4.69) is 34.2 Å². The molecule has 0 aliphatic carbocycles. The van der Waals surface area contributed by atoms with Crippen molar-refractivity contribution in [3.63, 3.8) is 0 Å². The normalized spacial score (nSPS) is 14.9. The van der Waals surface area contributed by atoms with Crippen LogP contribution in [0.4, 0.5) is 5.69 Å². The average molecular weight is 388 g/mol. The van der Waals surface area contributed by atoms with Crippen molar-refractivity contribution in [2.24, 2.45) is 0 Å². The van der Waals surface area contributed by atoms with E-state index in [1.807, 2.05) is 31.2 Å². The molecular weight excluding hydrogens is 358 g/mol. The summed E-state index contributed by atoms with van der Waals surface area (Å²) in [6.07, 6.45) is 1.05. The van der Waals surface area contributed by atoms with Crippen molar-refractivity contribution in [1.82, 2.24) is 9.80 Å². The molecule has 1 N–H and O–H groups in total. The molecule has 1 aromatic carbocycles. The molecule has 1 fully saturated rings. The van der Waals surface area contributed by atoms with Crippen LogP contribution in [-0.4, -0.2) is 54.3 Å². The Kier molecular flexibility index (Phi) is 7.26. The van der Waals surface area contributed by atoms with Gasteiger partial charge >= 0.3 is 0 Å². The second-order valence-corrected chi connectivity index (χ2v) is 7.37. The lowest BCUT2D eigenvalue weighted by Gasteiger charge is -2.29. The van der Waals surface area contributed by atoms with Gasteiger partial charge in [-0.3, -0.25) is 4.90 Å². The Labute approximate surface area is 167 Å². The number of furan rings is 1. The van der Waals surface area contributed by atoms with Crippen LogP contribution in [-0.2, 0) is 11.3 Å². The fourth-order valence-electron chi connectivity index (χ4n) is 3.23. The van der Waals surface area contributed by atoms with Gasteiger partial charge in [0, 0.05) is 31.9 Å². The molecule has 0 bridgehead atoms. The number of hydrogen-bond acceptors (Lipinski definition) is 4. The van der Waals surface area contributed by atoms with Crippen LogP contribution >= 0.6 is 12.2 Å². The van der Waals surface area contributed by atoms with Crippen molar-refractivity contribution in [3.05, 3.63) is 53.5 Å². The molecule has 2 aromatic rings. The van der Waals surface area contributed by atoms with Gasteiger partial charge in [0.15, 0.2) is 5.11 Å². The van der Waals surface area contributed by atoms with Crippen LogP contribution in [0.2, 0.25) is 0 Å². The average Bonchev–Trinajstić information content (AvgIpc) is 3.08. The van der Waals surface area contributed by atoms with E-state index in [-0.39, 0.29) is 0 Å². The summed E-state index contributed by atoms with van der Waals surface area (Å²) in [7, 11) is 0. The van der Waals surface area contributed by atoms with E-state index in [0.717, 1.165) is 68.1 Å². The Morgan fingerprint density at radius 1 is 1.15 bits per heavy atom. The second kappa shape index (κ2) is 9.88. The molecule has 0 radical (unpaired) electrons. The molecule has 1 aliphatic heterocycles. The van der Waals surface area contributed by atoms with Crippen molar-refractivity contribution < 1.29 is 9.15 Å². The minimum atomic E-state index is 0.675. The highest BCUT2D eigenvalue weighted by Gasteiger charge is 2.15. The smallest absolute Gasteiger partial charge is 0.173 e. The van der Waals surface area contributed by atoms with Gasteiger partial charge in [0.05, 0.1) is 19.8 Å². The van der Waals surface area contributed by atoms with E-state index >= 15 is 0 Å². The Morgan fingerprint density at radius 3 is 2.63 bits per heavy atom. The molecule has 6 heteroatoms. The van der Waals surface area contributed by atoms with E-state index in [0.29, 0.717) is 6.54 Å². The summed E-state index contributed by atoms with van der Waals surface area (Å²) in [5.41, 5.74) is 2.23. The first kappa shape index (κ1) is 19.9. The largest absolute Gasteiger partial charge is 0.464 e. The maximum atomic E-state index is 5.78. The lowest BCUT2D eigenvalue weighted by molar-refractivity contribution is 0.0367. The van der Waals surface area contributed by atoms with E-state index in [4.69, 9.17) is 21.4 Å². The third-order valence-corrected chi connectivity index (χ3v) is 5.18. The molecule has 27 heavy (non-hydrogen) atoms. The molecule has 0 spiro atoms. The molecule has 1 saturated heterocycles. The second-order valence-electron chi connectivity index (χ2n) is 6.99. The summed E-state index contributed by atoms with van der Waals surface area (Å²) >= 11 is 5.73. The third kappa shape index (κ3) is 6.06. The van der Waals surface area contributed by atoms with E-state index in [1.54, 1.807) is 0 Å². The Bertz CT molecular complexity index is 741. The lowest BCUT2D eigenvalue weighted by atomic mass is 10.2. The van der Waals surface area contributed by atoms with Gasteiger partial charge in [-0.25, -0.2) is 0 Å². The number of anilines is 1. The Balaban J connectivity index is 1.61. The fraction of sp³-hybridized carbons (Fsp3) is 0.476. The van der Waals surface area contributed by atoms with Gasteiger partial charge in [0.1, 0.15) is 11.5 Å². The number of hydrogen-bond donors (Lipinski definition) is 1. The van der Waals surface area contributed by atoms with Gasteiger partial charge in [-0.15, -0.1) is 0 Å². The number of nitrogens with zero attached hydrogens (tertiary/aromatic N) is 2. The molecule has 2 heterocycles. The highest BCUT2D eigenvalue weighted by molar-refractivity contribution is 7.80. The van der Waals surface area contributed by atoms with Crippen LogP contribution in [0.5, 0.6) is 0 Å². The fourth-order valence-corrected chi connectivity index (χ4v) is 3.49. The zero-order valence-corrected chi connectivity index (χ0v) is 17.1. The highest BCUT2D eigenvalue weighted by Crippen LogP contribution is 2.16. The predicted molar refractivity (Wildman–Crippen MR) is 113 cm³/mol. The van der Waals surface area contributed by atoms with Crippen molar-refractivity contribution in [2.75, 3.05) is 44.7 Å². The number of aryl methyl sites for hydroxylation is 2. The number of benzene rings is 1. The van der Waals surface area contributed by atoms with Crippen LogP contribution in [0.15, 0.2) is 40.8 Å². The minimum Gasteiger partial charge on any atom is -0.464 e. The number of thiocarbonyl (C=S) groups is 1. The Hall–Kier alpha value is -1.89. The monoisotopic (exact) mass is 387 g/mol. The number of nitrogens with one attached hydrogen (secondary N) is 1. The van der Waals surface area contributed by atoms with Crippen molar-refractivity contribution >= 4 is 23.0 Å². The molecule has 3 rings (SSSR count). The van der Waals surface area contributed by atoms with Crippen LogP contribution in [0, 0.1) is 13.8 Å². The molecular formula is C21H29N3O2S. The molecule has 0 unspecified atom stereocenters. The zero-order valence-electron chi connectivity index (χ0n) is 16.2. The minimum absolute atomic E-state index is 0.675. The quantitative estimate of drug-likeness (QED) is 0.729. The summed E-state index contributed by atoms with van der Waals surface area (Å²) in [5, 5.41) is 4.14. The standard InChI is InChI=1S/C21H29N3O2S/c1-17-6-3-4-7-20(17)22-21(27)24(16-19-9-8-18(2)26-19)11-5-10-23-12-14-25-15-13-23/h3-4,6-9H,5,10-16H2,1-2H3,(H,22,27). The lowest BCUT2D eigenvalue weighted by Crippen LogP contribution is -2.40. The third-order valence-electron chi connectivity index (χ3n) is 4.82. The number of rotatable bonds is 7. The number of morpholine rings is 1.